The molecule has 8 nitrogen and oxygen atoms in total. The molecule has 0 spiro atoms. The predicted molar refractivity (Wildman–Crippen MR) is 100 cm³/mol. The number of ether oxygens (including phenoxy) is 2. The van der Waals surface area contributed by atoms with Gasteiger partial charge in [-0.25, -0.2) is 5.01 Å². The Kier molecular flexibility index (Phi) is 5.98. The van der Waals surface area contributed by atoms with E-state index in [1.807, 2.05) is 12.1 Å². The van der Waals surface area contributed by atoms with Crippen LogP contribution in [-0.2, 0) is 9.59 Å². The molecule has 1 aromatic carbocycles. The molecule has 148 valence electrons. The molecule has 8 heteroatoms. The first-order valence-electron chi connectivity index (χ1n) is 8.90. The lowest BCUT2D eigenvalue weighted by atomic mass is 10.00. The Labute approximate surface area is 162 Å². The number of hydrogen-bond acceptors (Lipinski definition) is 6. The summed E-state index contributed by atoms with van der Waals surface area (Å²) < 4.78 is 16.1. The van der Waals surface area contributed by atoms with Crippen molar-refractivity contribution in [1.29, 1.82) is 0 Å². The van der Waals surface area contributed by atoms with Gasteiger partial charge < -0.3 is 19.0 Å². The molecule has 0 unspecified atom stereocenters. The van der Waals surface area contributed by atoms with Crippen LogP contribution in [0.4, 0.5) is 0 Å². The Hall–Kier alpha value is -3.29. The molecular formula is C20H22N2O6. The van der Waals surface area contributed by atoms with E-state index >= 15 is 0 Å². The lowest BCUT2D eigenvalue weighted by molar-refractivity contribution is -0.137. The molecule has 2 heterocycles. The highest BCUT2D eigenvalue weighted by Gasteiger charge is 2.34. The molecule has 0 bridgehead atoms. The van der Waals surface area contributed by atoms with Gasteiger partial charge in [0.15, 0.2) is 0 Å². The minimum Gasteiger partial charge on any atom is -0.497 e. The van der Waals surface area contributed by atoms with Gasteiger partial charge in [-0.2, -0.15) is 5.10 Å². The Morgan fingerprint density at radius 2 is 1.93 bits per heavy atom. The summed E-state index contributed by atoms with van der Waals surface area (Å²) in [5.41, 5.74) is 1.47. The summed E-state index contributed by atoms with van der Waals surface area (Å²) in [5.74, 6) is 0.650. The summed E-state index contributed by atoms with van der Waals surface area (Å²) in [5, 5.41) is 14.7. The van der Waals surface area contributed by atoms with Gasteiger partial charge in [-0.15, -0.1) is 0 Å². The Morgan fingerprint density at radius 1 is 1.21 bits per heavy atom. The fourth-order valence-electron chi connectivity index (χ4n) is 3.12. The first-order valence-corrected chi connectivity index (χ1v) is 8.90. The second-order valence-electron chi connectivity index (χ2n) is 6.38. The standard InChI is InChI=1S/C20H22N2O6/c1-26-14-9-13(10-15(11-14)27-2)17-12-16(18-5-4-8-28-18)21-22(17)19(23)6-3-7-20(24)25/h4-5,8-11,17H,3,6-7,12H2,1-2H3,(H,24,25)/t17-/m1/s1. The normalized spacial score (nSPS) is 16.0. The molecule has 1 aromatic heterocycles. The quantitative estimate of drug-likeness (QED) is 0.747. The van der Waals surface area contributed by atoms with E-state index in [1.165, 1.54) is 5.01 Å². The molecule has 1 aliphatic rings. The number of hydrazone groups is 1. The molecule has 0 fully saturated rings. The first kappa shape index (κ1) is 19.5. The number of aliphatic carboxylic acids is 1. The molecule has 0 aliphatic carbocycles. The number of carboxylic acid groups (broad SMARTS) is 1. The highest BCUT2D eigenvalue weighted by molar-refractivity contribution is 6.01. The van der Waals surface area contributed by atoms with Gasteiger partial charge >= 0.3 is 5.97 Å². The van der Waals surface area contributed by atoms with E-state index in [0.717, 1.165) is 5.56 Å². The summed E-state index contributed by atoms with van der Waals surface area (Å²) >= 11 is 0. The largest absolute Gasteiger partial charge is 0.497 e. The highest BCUT2D eigenvalue weighted by atomic mass is 16.5. The molecule has 1 amide bonds. The van der Waals surface area contributed by atoms with Crippen LogP contribution in [0.5, 0.6) is 11.5 Å². The van der Waals surface area contributed by atoms with Crippen LogP contribution in [0.15, 0.2) is 46.1 Å². The minimum absolute atomic E-state index is 0.0635. The van der Waals surface area contributed by atoms with Crippen molar-refractivity contribution in [3.05, 3.63) is 47.9 Å². The Bertz CT molecular complexity index is 853. The minimum atomic E-state index is -0.928. The summed E-state index contributed by atoms with van der Waals surface area (Å²) in [6.45, 7) is 0. The molecule has 1 N–H and O–H groups in total. The number of amides is 1. The third-order valence-corrected chi connectivity index (χ3v) is 4.51. The third kappa shape index (κ3) is 4.33. The first-order chi connectivity index (χ1) is 13.5. The van der Waals surface area contributed by atoms with Crippen LogP contribution in [0.25, 0.3) is 0 Å². The zero-order valence-corrected chi connectivity index (χ0v) is 15.8. The maximum absolute atomic E-state index is 12.8. The van der Waals surface area contributed by atoms with Crippen molar-refractivity contribution in [2.45, 2.75) is 31.7 Å². The lowest BCUT2D eigenvalue weighted by Crippen LogP contribution is -2.27. The van der Waals surface area contributed by atoms with Gasteiger partial charge in [0.05, 0.1) is 26.5 Å². The number of furan rings is 1. The molecule has 1 aliphatic heterocycles. The molecule has 0 saturated carbocycles. The summed E-state index contributed by atoms with van der Waals surface area (Å²) in [6.07, 6.45) is 2.31. The van der Waals surface area contributed by atoms with E-state index in [2.05, 4.69) is 5.10 Å². The fraction of sp³-hybridized carbons (Fsp3) is 0.350. The van der Waals surface area contributed by atoms with Crippen molar-refractivity contribution < 1.29 is 28.6 Å². The van der Waals surface area contributed by atoms with E-state index in [0.29, 0.717) is 29.4 Å². The van der Waals surface area contributed by atoms with Crippen LogP contribution in [0.2, 0.25) is 0 Å². The average molecular weight is 386 g/mol. The van der Waals surface area contributed by atoms with Crippen molar-refractivity contribution in [1.82, 2.24) is 5.01 Å². The van der Waals surface area contributed by atoms with Gasteiger partial charge in [-0.3, -0.25) is 9.59 Å². The van der Waals surface area contributed by atoms with Crippen molar-refractivity contribution in [2.75, 3.05) is 14.2 Å². The smallest absolute Gasteiger partial charge is 0.303 e. The maximum Gasteiger partial charge on any atom is 0.303 e. The predicted octanol–water partition coefficient (Wildman–Crippen LogP) is 3.23. The lowest BCUT2D eigenvalue weighted by Gasteiger charge is -2.23. The second-order valence-corrected chi connectivity index (χ2v) is 6.38. The number of rotatable bonds is 8. The maximum atomic E-state index is 12.8. The average Bonchev–Trinajstić information content (AvgIpc) is 3.36. The summed E-state index contributed by atoms with van der Waals surface area (Å²) in [4.78, 5) is 23.5. The van der Waals surface area contributed by atoms with Crippen LogP contribution >= 0.6 is 0 Å². The van der Waals surface area contributed by atoms with Gasteiger partial charge in [-0.05, 0) is 36.2 Å². The number of carboxylic acids is 1. The van der Waals surface area contributed by atoms with E-state index in [1.54, 1.807) is 38.7 Å². The molecule has 3 rings (SSSR count). The van der Waals surface area contributed by atoms with Gasteiger partial charge in [0, 0.05) is 25.3 Å². The van der Waals surface area contributed by atoms with E-state index in [4.69, 9.17) is 19.0 Å². The van der Waals surface area contributed by atoms with Crippen molar-refractivity contribution in [2.24, 2.45) is 5.10 Å². The fourth-order valence-corrected chi connectivity index (χ4v) is 3.12. The van der Waals surface area contributed by atoms with Gasteiger partial charge in [0.25, 0.3) is 0 Å². The van der Waals surface area contributed by atoms with Gasteiger partial charge in [-0.1, -0.05) is 0 Å². The van der Waals surface area contributed by atoms with Crippen molar-refractivity contribution in [3.63, 3.8) is 0 Å². The molecular weight excluding hydrogens is 364 g/mol. The molecule has 1 atom stereocenters. The molecule has 0 radical (unpaired) electrons. The zero-order chi connectivity index (χ0) is 20.1. The van der Waals surface area contributed by atoms with Crippen molar-refractivity contribution >= 4 is 17.6 Å². The second kappa shape index (κ2) is 8.60. The number of methoxy groups -OCH3 is 2. The Balaban J connectivity index is 1.89. The Morgan fingerprint density at radius 3 is 2.50 bits per heavy atom. The number of nitrogens with zero attached hydrogens (tertiary/aromatic N) is 2. The van der Waals surface area contributed by atoms with Crippen LogP contribution in [0.3, 0.4) is 0 Å². The summed E-state index contributed by atoms with van der Waals surface area (Å²) in [7, 11) is 3.12. The number of hydrogen-bond donors (Lipinski definition) is 1. The van der Waals surface area contributed by atoms with E-state index < -0.39 is 5.97 Å². The van der Waals surface area contributed by atoms with Crippen molar-refractivity contribution in [3.8, 4) is 11.5 Å². The number of benzene rings is 1. The van der Waals surface area contributed by atoms with Gasteiger partial charge in [0.2, 0.25) is 5.91 Å². The number of carbonyl (C=O) groups is 2. The highest BCUT2D eigenvalue weighted by Crippen LogP contribution is 2.37. The van der Waals surface area contributed by atoms with E-state index in [9.17, 15) is 9.59 Å². The van der Waals surface area contributed by atoms with Crippen LogP contribution < -0.4 is 9.47 Å². The van der Waals surface area contributed by atoms with E-state index in [-0.39, 0.29) is 31.2 Å². The van der Waals surface area contributed by atoms with Crippen LogP contribution in [0, 0.1) is 0 Å². The van der Waals surface area contributed by atoms with Gasteiger partial charge in [0.1, 0.15) is 23.0 Å². The number of carbonyl (C=O) groups excluding carboxylic acids is 1. The van der Waals surface area contributed by atoms with Crippen LogP contribution in [0.1, 0.15) is 43.0 Å². The molecule has 2 aromatic rings. The molecule has 0 saturated heterocycles. The topological polar surface area (TPSA) is 102 Å². The SMILES string of the molecule is COc1cc(OC)cc([C@H]2CC(c3ccco3)=NN2C(=O)CCCC(=O)O)c1. The zero-order valence-electron chi connectivity index (χ0n) is 15.8. The van der Waals surface area contributed by atoms with Crippen LogP contribution in [-0.4, -0.2) is 41.9 Å². The monoisotopic (exact) mass is 386 g/mol. The third-order valence-electron chi connectivity index (χ3n) is 4.51. The summed E-state index contributed by atoms with van der Waals surface area (Å²) in [6, 6.07) is 8.63. The molecule has 28 heavy (non-hydrogen) atoms.